The number of methoxy groups -OCH3 is 1. The highest BCUT2D eigenvalue weighted by molar-refractivity contribution is 5.92. The summed E-state index contributed by atoms with van der Waals surface area (Å²) < 4.78 is 11.1. The number of hydrogen-bond acceptors (Lipinski definition) is 7. The molecule has 166 valence electrons. The molecule has 0 unspecified atom stereocenters. The van der Waals surface area contributed by atoms with Crippen molar-refractivity contribution < 1.29 is 14.3 Å². The van der Waals surface area contributed by atoms with Gasteiger partial charge in [0.2, 0.25) is 5.91 Å². The van der Waals surface area contributed by atoms with Crippen molar-refractivity contribution in [2.24, 2.45) is 0 Å². The molecule has 1 aromatic carbocycles. The van der Waals surface area contributed by atoms with E-state index in [4.69, 9.17) is 9.47 Å². The van der Waals surface area contributed by atoms with Crippen LogP contribution in [0.5, 0.6) is 5.75 Å². The lowest BCUT2D eigenvalue weighted by Gasteiger charge is -2.32. The summed E-state index contributed by atoms with van der Waals surface area (Å²) >= 11 is 0. The molecule has 1 aliphatic rings. The van der Waals surface area contributed by atoms with Crippen LogP contribution in [0, 0.1) is 6.92 Å². The van der Waals surface area contributed by atoms with Crippen LogP contribution in [0.4, 0.5) is 17.2 Å². The second-order valence-corrected chi connectivity index (χ2v) is 7.63. The van der Waals surface area contributed by atoms with Crippen LogP contribution in [0.3, 0.4) is 0 Å². The van der Waals surface area contributed by atoms with E-state index in [2.05, 4.69) is 25.5 Å². The van der Waals surface area contributed by atoms with Crippen molar-refractivity contribution in [3.05, 3.63) is 72.2 Å². The van der Waals surface area contributed by atoms with Gasteiger partial charge >= 0.3 is 0 Å². The lowest BCUT2D eigenvalue weighted by Crippen LogP contribution is -2.42. The third kappa shape index (κ3) is 5.81. The van der Waals surface area contributed by atoms with Gasteiger partial charge in [0.1, 0.15) is 17.7 Å². The van der Waals surface area contributed by atoms with Gasteiger partial charge in [0, 0.05) is 24.5 Å². The number of hydrogen-bond donors (Lipinski definition) is 2. The van der Waals surface area contributed by atoms with Gasteiger partial charge in [0.15, 0.2) is 0 Å². The standard InChI is InChI=1S/C24H27N5O3/c1-17-4-3-5-23(26-17)27-19-8-11-21(25-14-19)22-15-29(12-13-32-22)16-24(30)28-18-6-9-20(31-2)10-7-18/h3-11,14,22H,12-13,15-16H2,1-2H3,(H,26,27)(H,28,30)/t22-/m1/s1. The Balaban J connectivity index is 1.31. The van der Waals surface area contributed by atoms with E-state index in [1.54, 1.807) is 13.3 Å². The van der Waals surface area contributed by atoms with Crippen LogP contribution in [0.25, 0.3) is 0 Å². The average Bonchev–Trinajstić information content (AvgIpc) is 2.80. The third-order valence-corrected chi connectivity index (χ3v) is 5.17. The zero-order chi connectivity index (χ0) is 22.3. The van der Waals surface area contributed by atoms with E-state index >= 15 is 0 Å². The Morgan fingerprint density at radius 1 is 1.16 bits per heavy atom. The van der Waals surface area contributed by atoms with Crippen molar-refractivity contribution >= 4 is 23.1 Å². The summed E-state index contributed by atoms with van der Waals surface area (Å²) in [6.07, 6.45) is 1.60. The summed E-state index contributed by atoms with van der Waals surface area (Å²) in [6.45, 7) is 4.11. The van der Waals surface area contributed by atoms with E-state index < -0.39 is 0 Å². The lowest BCUT2D eigenvalue weighted by molar-refractivity contribution is -0.119. The maximum Gasteiger partial charge on any atom is 0.238 e. The summed E-state index contributed by atoms with van der Waals surface area (Å²) in [5, 5.41) is 6.18. The van der Waals surface area contributed by atoms with Gasteiger partial charge in [-0.2, -0.15) is 0 Å². The van der Waals surface area contributed by atoms with Crippen LogP contribution in [-0.4, -0.2) is 54.1 Å². The van der Waals surface area contributed by atoms with Crippen LogP contribution in [0.15, 0.2) is 60.8 Å². The molecule has 3 heterocycles. The summed E-state index contributed by atoms with van der Waals surface area (Å²) in [5.41, 5.74) is 3.39. The molecule has 0 bridgehead atoms. The Morgan fingerprint density at radius 3 is 2.69 bits per heavy atom. The van der Waals surface area contributed by atoms with E-state index in [0.717, 1.165) is 34.3 Å². The third-order valence-electron chi connectivity index (χ3n) is 5.17. The Labute approximate surface area is 187 Å². The normalized spacial score (nSPS) is 16.4. The lowest BCUT2D eigenvalue weighted by atomic mass is 10.2. The Morgan fingerprint density at radius 2 is 1.97 bits per heavy atom. The molecule has 1 amide bonds. The molecule has 2 N–H and O–H groups in total. The van der Waals surface area contributed by atoms with Gasteiger partial charge < -0.3 is 20.1 Å². The molecular formula is C24H27N5O3. The maximum atomic E-state index is 12.5. The van der Waals surface area contributed by atoms with E-state index in [9.17, 15) is 4.79 Å². The Kier molecular flexibility index (Phi) is 6.94. The largest absolute Gasteiger partial charge is 0.497 e. The molecule has 8 nitrogen and oxygen atoms in total. The zero-order valence-corrected chi connectivity index (χ0v) is 18.2. The minimum absolute atomic E-state index is 0.0611. The second-order valence-electron chi connectivity index (χ2n) is 7.63. The fourth-order valence-electron chi connectivity index (χ4n) is 3.53. The molecule has 1 aliphatic heterocycles. The number of ether oxygens (including phenoxy) is 2. The molecule has 0 spiro atoms. The molecule has 0 saturated carbocycles. The monoisotopic (exact) mass is 433 g/mol. The first-order valence-electron chi connectivity index (χ1n) is 10.5. The number of anilines is 3. The van der Waals surface area contributed by atoms with Crippen LogP contribution in [0.2, 0.25) is 0 Å². The van der Waals surface area contributed by atoms with Crippen LogP contribution < -0.4 is 15.4 Å². The molecule has 2 aromatic heterocycles. The number of carbonyl (C=O) groups is 1. The molecule has 3 aromatic rings. The minimum Gasteiger partial charge on any atom is -0.497 e. The molecular weight excluding hydrogens is 406 g/mol. The summed E-state index contributed by atoms with van der Waals surface area (Å²) in [7, 11) is 1.61. The van der Waals surface area contributed by atoms with E-state index in [1.165, 1.54) is 0 Å². The number of amides is 1. The van der Waals surface area contributed by atoms with Gasteiger partial charge in [0.05, 0.1) is 37.8 Å². The molecule has 1 saturated heterocycles. The topological polar surface area (TPSA) is 88.6 Å². The SMILES string of the molecule is COc1ccc(NC(=O)CN2CCO[C@@H](c3ccc(Nc4cccc(C)n4)cn3)C2)cc1. The summed E-state index contributed by atoms with van der Waals surface area (Å²) in [4.78, 5) is 23.6. The number of nitrogens with one attached hydrogen (secondary N) is 2. The molecule has 0 aliphatic carbocycles. The molecule has 4 rings (SSSR count). The Hall–Kier alpha value is -3.49. The molecule has 8 heteroatoms. The number of morpholine rings is 1. The van der Waals surface area contributed by atoms with E-state index in [0.29, 0.717) is 26.2 Å². The van der Waals surface area contributed by atoms with Gasteiger partial charge in [-0.1, -0.05) is 6.07 Å². The van der Waals surface area contributed by atoms with Gasteiger partial charge in [0.25, 0.3) is 0 Å². The highest BCUT2D eigenvalue weighted by Gasteiger charge is 2.24. The first-order chi connectivity index (χ1) is 15.6. The minimum atomic E-state index is -0.177. The van der Waals surface area contributed by atoms with Crippen molar-refractivity contribution in [3.8, 4) is 5.75 Å². The summed E-state index contributed by atoms with van der Waals surface area (Å²) in [5.74, 6) is 1.47. The van der Waals surface area contributed by atoms with Crippen molar-refractivity contribution in [2.45, 2.75) is 13.0 Å². The Bertz CT molecular complexity index is 1040. The first-order valence-corrected chi connectivity index (χ1v) is 10.5. The molecule has 32 heavy (non-hydrogen) atoms. The fourth-order valence-corrected chi connectivity index (χ4v) is 3.53. The van der Waals surface area contributed by atoms with Gasteiger partial charge in [-0.25, -0.2) is 4.98 Å². The molecule has 1 atom stereocenters. The van der Waals surface area contributed by atoms with Gasteiger partial charge in [-0.05, 0) is 55.5 Å². The quantitative estimate of drug-likeness (QED) is 0.589. The second kappa shape index (κ2) is 10.2. The zero-order valence-electron chi connectivity index (χ0n) is 18.2. The summed E-state index contributed by atoms with van der Waals surface area (Å²) in [6, 6.07) is 17.0. The van der Waals surface area contributed by atoms with Crippen LogP contribution in [-0.2, 0) is 9.53 Å². The van der Waals surface area contributed by atoms with Gasteiger partial charge in [-0.15, -0.1) is 0 Å². The van der Waals surface area contributed by atoms with Crippen molar-refractivity contribution in [1.29, 1.82) is 0 Å². The predicted molar refractivity (Wildman–Crippen MR) is 123 cm³/mol. The van der Waals surface area contributed by atoms with E-state index in [1.807, 2.05) is 61.5 Å². The fraction of sp³-hybridized carbons (Fsp3) is 0.292. The van der Waals surface area contributed by atoms with Gasteiger partial charge in [-0.3, -0.25) is 14.7 Å². The number of rotatable bonds is 7. The van der Waals surface area contributed by atoms with Crippen LogP contribution >= 0.6 is 0 Å². The predicted octanol–water partition coefficient (Wildman–Crippen LogP) is 3.55. The van der Waals surface area contributed by atoms with Crippen molar-refractivity contribution in [3.63, 3.8) is 0 Å². The molecule has 0 radical (unpaired) electrons. The number of benzene rings is 1. The number of pyridine rings is 2. The highest BCUT2D eigenvalue weighted by Crippen LogP contribution is 2.23. The number of nitrogens with zero attached hydrogens (tertiary/aromatic N) is 3. The molecule has 1 fully saturated rings. The number of carbonyl (C=O) groups excluding carboxylic acids is 1. The highest BCUT2D eigenvalue weighted by atomic mass is 16.5. The van der Waals surface area contributed by atoms with E-state index in [-0.39, 0.29) is 12.0 Å². The van der Waals surface area contributed by atoms with Crippen molar-refractivity contribution in [1.82, 2.24) is 14.9 Å². The maximum absolute atomic E-state index is 12.5. The average molecular weight is 434 g/mol. The smallest absolute Gasteiger partial charge is 0.238 e. The first kappa shape index (κ1) is 21.7. The van der Waals surface area contributed by atoms with Crippen LogP contribution in [0.1, 0.15) is 17.5 Å². The number of aryl methyl sites for hydroxylation is 1. The van der Waals surface area contributed by atoms with Crippen molar-refractivity contribution in [2.75, 3.05) is 44.0 Å². The number of aromatic nitrogens is 2.